The highest BCUT2D eigenvalue weighted by Gasteiger charge is 2.19. The molecule has 0 bridgehead atoms. The van der Waals surface area contributed by atoms with Crippen molar-refractivity contribution in [3.8, 4) is 0 Å². The van der Waals surface area contributed by atoms with E-state index in [-0.39, 0.29) is 17.0 Å². The Kier molecular flexibility index (Phi) is 5.47. The molecule has 19 heavy (non-hydrogen) atoms. The predicted molar refractivity (Wildman–Crippen MR) is 77.6 cm³/mol. The number of nitro groups is 1. The summed E-state index contributed by atoms with van der Waals surface area (Å²) in [6.45, 7) is 4.64. The number of nitrogens with one attached hydrogen (secondary N) is 1. The summed E-state index contributed by atoms with van der Waals surface area (Å²) in [6, 6.07) is 5.73. The van der Waals surface area contributed by atoms with Gasteiger partial charge in [-0.05, 0) is 17.9 Å². The van der Waals surface area contributed by atoms with E-state index in [4.69, 9.17) is 0 Å². The van der Waals surface area contributed by atoms with Crippen molar-refractivity contribution in [2.45, 2.75) is 20.3 Å². The second kappa shape index (κ2) is 6.65. The zero-order chi connectivity index (χ0) is 14.5. The molecule has 1 N–H and O–H groups in total. The normalized spacial score (nSPS) is 11.1. The minimum atomic E-state index is -0.508. The van der Waals surface area contributed by atoms with E-state index in [1.165, 1.54) is 18.2 Å². The molecule has 1 aromatic carbocycles. The molecule has 1 amide bonds. The van der Waals surface area contributed by atoms with Gasteiger partial charge in [0.25, 0.3) is 11.6 Å². The standard InChI is InChI=1S/C13H17BrN2O3/c1-13(2,6-7-14)9-15-12(17)10-4-3-5-11(8-10)16(18)19/h3-5,8H,6-7,9H2,1-2H3,(H,15,17). The number of hydrogen-bond acceptors (Lipinski definition) is 3. The fourth-order valence-electron chi connectivity index (χ4n) is 1.53. The number of alkyl halides is 1. The van der Waals surface area contributed by atoms with Crippen molar-refractivity contribution in [2.75, 3.05) is 11.9 Å². The molecule has 0 heterocycles. The lowest BCUT2D eigenvalue weighted by Crippen LogP contribution is -2.34. The summed E-state index contributed by atoms with van der Waals surface area (Å²) in [5.41, 5.74) is 0.219. The maximum absolute atomic E-state index is 11.9. The van der Waals surface area contributed by atoms with Crippen LogP contribution in [0.4, 0.5) is 5.69 Å². The van der Waals surface area contributed by atoms with Gasteiger partial charge in [0.1, 0.15) is 0 Å². The van der Waals surface area contributed by atoms with Crippen LogP contribution < -0.4 is 5.32 Å². The van der Waals surface area contributed by atoms with Gasteiger partial charge in [0.05, 0.1) is 4.92 Å². The van der Waals surface area contributed by atoms with Gasteiger partial charge in [0.15, 0.2) is 0 Å². The third-order valence-electron chi connectivity index (χ3n) is 2.82. The van der Waals surface area contributed by atoms with Crippen LogP contribution in [0, 0.1) is 15.5 Å². The molecule has 104 valence electrons. The van der Waals surface area contributed by atoms with Crippen LogP contribution in [0.3, 0.4) is 0 Å². The maximum atomic E-state index is 11.9. The highest BCUT2D eigenvalue weighted by molar-refractivity contribution is 9.09. The molecule has 0 aliphatic carbocycles. The Bertz CT molecular complexity index is 475. The quantitative estimate of drug-likeness (QED) is 0.495. The summed E-state index contributed by atoms with van der Waals surface area (Å²) in [5.74, 6) is -0.286. The monoisotopic (exact) mass is 328 g/mol. The zero-order valence-corrected chi connectivity index (χ0v) is 12.6. The van der Waals surface area contributed by atoms with Crippen LogP contribution >= 0.6 is 15.9 Å². The van der Waals surface area contributed by atoms with Crippen molar-refractivity contribution < 1.29 is 9.72 Å². The van der Waals surface area contributed by atoms with Gasteiger partial charge in [-0.2, -0.15) is 0 Å². The van der Waals surface area contributed by atoms with Gasteiger partial charge in [-0.3, -0.25) is 14.9 Å². The Labute approximate surface area is 120 Å². The predicted octanol–water partition coefficient (Wildman–Crippen LogP) is 3.14. The number of non-ortho nitro benzene ring substituents is 1. The largest absolute Gasteiger partial charge is 0.351 e. The molecule has 0 saturated heterocycles. The Morgan fingerprint density at radius 1 is 1.47 bits per heavy atom. The first-order chi connectivity index (χ1) is 8.85. The first-order valence-corrected chi connectivity index (χ1v) is 7.06. The SMILES string of the molecule is CC(C)(CCBr)CNC(=O)c1cccc([N+](=O)[O-])c1. The first kappa shape index (κ1) is 15.6. The number of nitro benzene ring substituents is 1. The lowest BCUT2D eigenvalue weighted by Gasteiger charge is -2.23. The molecular formula is C13H17BrN2O3. The average Bonchev–Trinajstić information content (AvgIpc) is 2.36. The molecule has 5 nitrogen and oxygen atoms in total. The molecule has 1 aromatic rings. The van der Waals surface area contributed by atoms with Crippen LogP contribution in [0.1, 0.15) is 30.6 Å². The van der Waals surface area contributed by atoms with E-state index in [1.807, 2.05) is 0 Å². The number of amides is 1. The fraction of sp³-hybridized carbons (Fsp3) is 0.462. The fourth-order valence-corrected chi connectivity index (χ4v) is 2.60. The number of rotatable bonds is 6. The van der Waals surface area contributed by atoms with E-state index in [0.717, 1.165) is 11.8 Å². The summed E-state index contributed by atoms with van der Waals surface area (Å²) in [4.78, 5) is 22.1. The second-order valence-electron chi connectivity index (χ2n) is 5.09. The molecule has 0 atom stereocenters. The minimum absolute atomic E-state index is 0.0140. The third kappa shape index (κ3) is 4.98. The van der Waals surface area contributed by atoms with Crippen molar-refractivity contribution in [1.82, 2.24) is 5.32 Å². The Morgan fingerprint density at radius 3 is 2.74 bits per heavy atom. The van der Waals surface area contributed by atoms with Crippen molar-refractivity contribution in [2.24, 2.45) is 5.41 Å². The van der Waals surface area contributed by atoms with Crippen LogP contribution in [0.2, 0.25) is 0 Å². The van der Waals surface area contributed by atoms with Crippen molar-refractivity contribution >= 4 is 27.5 Å². The topological polar surface area (TPSA) is 72.2 Å². The lowest BCUT2D eigenvalue weighted by atomic mass is 9.90. The van der Waals surface area contributed by atoms with E-state index in [2.05, 4.69) is 35.1 Å². The molecule has 0 aliphatic rings. The maximum Gasteiger partial charge on any atom is 0.270 e. The van der Waals surface area contributed by atoms with E-state index in [9.17, 15) is 14.9 Å². The summed E-state index contributed by atoms with van der Waals surface area (Å²) in [6.07, 6.45) is 0.933. The lowest BCUT2D eigenvalue weighted by molar-refractivity contribution is -0.384. The Morgan fingerprint density at radius 2 is 2.16 bits per heavy atom. The van der Waals surface area contributed by atoms with Gasteiger partial charge in [-0.25, -0.2) is 0 Å². The number of hydrogen-bond donors (Lipinski definition) is 1. The number of carbonyl (C=O) groups excluding carboxylic acids is 1. The minimum Gasteiger partial charge on any atom is -0.351 e. The summed E-state index contributed by atoms with van der Waals surface area (Å²) >= 11 is 3.37. The Hall–Kier alpha value is -1.43. The molecular weight excluding hydrogens is 312 g/mol. The first-order valence-electron chi connectivity index (χ1n) is 5.94. The molecule has 0 fully saturated rings. The highest BCUT2D eigenvalue weighted by Crippen LogP contribution is 2.20. The summed E-state index contributed by atoms with van der Waals surface area (Å²) in [5, 5.41) is 14.3. The number of nitrogens with zero attached hydrogens (tertiary/aromatic N) is 1. The van der Waals surface area contributed by atoms with Gasteiger partial charge in [-0.1, -0.05) is 35.8 Å². The molecule has 1 rings (SSSR count). The molecule has 0 aromatic heterocycles. The summed E-state index contributed by atoms with van der Waals surface area (Å²) in [7, 11) is 0. The van der Waals surface area contributed by atoms with Crippen LogP contribution in [-0.2, 0) is 0 Å². The van der Waals surface area contributed by atoms with Crippen LogP contribution in [0.15, 0.2) is 24.3 Å². The summed E-state index contributed by atoms with van der Waals surface area (Å²) < 4.78 is 0. The van der Waals surface area contributed by atoms with E-state index < -0.39 is 4.92 Å². The number of halogens is 1. The zero-order valence-electron chi connectivity index (χ0n) is 11.0. The Balaban J connectivity index is 2.68. The van der Waals surface area contributed by atoms with Crippen molar-refractivity contribution in [3.63, 3.8) is 0 Å². The van der Waals surface area contributed by atoms with Gasteiger partial charge in [0.2, 0.25) is 0 Å². The molecule has 0 aliphatic heterocycles. The van der Waals surface area contributed by atoms with Gasteiger partial charge >= 0.3 is 0 Å². The molecule has 0 spiro atoms. The third-order valence-corrected chi connectivity index (χ3v) is 3.21. The second-order valence-corrected chi connectivity index (χ2v) is 5.89. The van der Waals surface area contributed by atoms with E-state index in [1.54, 1.807) is 6.07 Å². The van der Waals surface area contributed by atoms with Crippen LogP contribution in [0.25, 0.3) is 0 Å². The highest BCUT2D eigenvalue weighted by atomic mass is 79.9. The average molecular weight is 329 g/mol. The van der Waals surface area contributed by atoms with Gasteiger partial charge in [0, 0.05) is 29.6 Å². The van der Waals surface area contributed by atoms with Gasteiger partial charge in [-0.15, -0.1) is 0 Å². The molecule has 0 unspecified atom stereocenters. The molecule has 0 saturated carbocycles. The number of carbonyl (C=O) groups is 1. The van der Waals surface area contributed by atoms with E-state index >= 15 is 0 Å². The van der Waals surface area contributed by atoms with Gasteiger partial charge < -0.3 is 5.32 Å². The molecule has 6 heteroatoms. The van der Waals surface area contributed by atoms with E-state index in [0.29, 0.717) is 12.1 Å². The smallest absolute Gasteiger partial charge is 0.270 e. The molecule has 0 radical (unpaired) electrons. The van der Waals surface area contributed by atoms with Crippen molar-refractivity contribution in [1.29, 1.82) is 0 Å². The number of benzene rings is 1. The van der Waals surface area contributed by atoms with Crippen LogP contribution in [0.5, 0.6) is 0 Å². The van der Waals surface area contributed by atoms with Crippen molar-refractivity contribution in [3.05, 3.63) is 39.9 Å². The van der Waals surface area contributed by atoms with Crippen LogP contribution in [-0.4, -0.2) is 22.7 Å².